The fourth-order valence-electron chi connectivity index (χ4n) is 3.50. The van der Waals surface area contributed by atoms with Gasteiger partial charge in [0.1, 0.15) is 23.9 Å². The Hall–Kier alpha value is -3.28. The number of amides is 1. The SMILES string of the molecule is COc1ccc(C(NC(=O)c2ccc(OCc3c(C)noc3C)cc2)C2CC2)cc1. The monoisotopic (exact) mass is 406 g/mol. The van der Waals surface area contributed by atoms with Gasteiger partial charge >= 0.3 is 0 Å². The quantitative estimate of drug-likeness (QED) is 0.584. The van der Waals surface area contributed by atoms with Crippen molar-refractivity contribution in [3.8, 4) is 11.5 Å². The second kappa shape index (κ2) is 8.61. The van der Waals surface area contributed by atoms with Crippen LogP contribution in [0.2, 0.25) is 0 Å². The van der Waals surface area contributed by atoms with E-state index in [2.05, 4.69) is 10.5 Å². The standard InChI is InChI=1S/C24H26N2O4/c1-15-22(16(2)30-26-15)14-29-21-12-8-19(9-13-21)24(27)25-23(17-4-5-17)18-6-10-20(28-3)11-7-18/h6-13,17,23H,4-5,14H2,1-3H3,(H,25,27). The van der Waals surface area contributed by atoms with Crippen LogP contribution >= 0.6 is 0 Å². The number of carbonyl (C=O) groups is 1. The topological polar surface area (TPSA) is 73.6 Å². The third-order valence-corrected chi connectivity index (χ3v) is 5.54. The molecule has 6 heteroatoms. The molecule has 156 valence electrons. The van der Waals surface area contributed by atoms with Gasteiger partial charge in [0.25, 0.3) is 5.91 Å². The molecular formula is C24H26N2O4. The van der Waals surface area contributed by atoms with Gasteiger partial charge in [-0.15, -0.1) is 0 Å². The molecule has 30 heavy (non-hydrogen) atoms. The molecule has 1 unspecified atom stereocenters. The number of carbonyl (C=O) groups excluding carboxylic acids is 1. The van der Waals surface area contributed by atoms with E-state index < -0.39 is 0 Å². The Morgan fingerprint density at radius 3 is 2.33 bits per heavy atom. The zero-order chi connectivity index (χ0) is 21.1. The van der Waals surface area contributed by atoms with Gasteiger partial charge in [0.2, 0.25) is 0 Å². The fourth-order valence-corrected chi connectivity index (χ4v) is 3.50. The Kier molecular flexibility index (Phi) is 5.74. The number of hydrogen-bond donors (Lipinski definition) is 1. The highest BCUT2D eigenvalue weighted by Gasteiger charge is 2.33. The lowest BCUT2D eigenvalue weighted by Gasteiger charge is -2.19. The van der Waals surface area contributed by atoms with Crippen LogP contribution in [0.15, 0.2) is 53.1 Å². The van der Waals surface area contributed by atoms with E-state index in [-0.39, 0.29) is 11.9 Å². The average molecular weight is 406 g/mol. The summed E-state index contributed by atoms with van der Waals surface area (Å²) >= 11 is 0. The molecule has 3 aromatic rings. The van der Waals surface area contributed by atoms with E-state index in [1.165, 1.54) is 0 Å². The molecular weight excluding hydrogens is 380 g/mol. The van der Waals surface area contributed by atoms with Gasteiger partial charge in [-0.3, -0.25) is 4.79 Å². The summed E-state index contributed by atoms with van der Waals surface area (Å²) in [6.07, 6.45) is 2.26. The number of methoxy groups -OCH3 is 1. The molecule has 1 atom stereocenters. The van der Waals surface area contributed by atoms with Crippen LogP contribution in [0.3, 0.4) is 0 Å². The van der Waals surface area contributed by atoms with Crippen molar-refractivity contribution in [3.63, 3.8) is 0 Å². The molecule has 0 spiro atoms. The molecule has 0 saturated heterocycles. The first kappa shape index (κ1) is 20.0. The Labute approximate surface area is 176 Å². The highest BCUT2D eigenvalue weighted by molar-refractivity contribution is 5.94. The molecule has 0 aliphatic heterocycles. The Morgan fingerprint density at radius 2 is 1.77 bits per heavy atom. The number of aromatic nitrogens is 1. The van der Waals surface area contributed by atoms with Crippen LogP contribution in [0, 0.1) is 19.8 Å². The highest BCUT2D eigenvalue weighted by Crippen LogP contribution is 2.41. The lowest BCUT2D eigenvalue weighted by molar-refractivity contribution is 0.0931. The summed E-state index contributed by atoms with van der Waals surface area (Å²) in [5.41, 5.74) is 3.49. The van der Waals surface area contributed by atoms with Crippen LogP contribution < -0.4 is 14.8 Å². The maximum Gasteiger partial charge on any atom is 0.251 e. The number of hydrogen-bond acceptors (Lipinski definition) is 5. The Bertz CT molecular complexity index is 985. The van der Waals surface area contributed by atoms with Gasteiger partial charge in [-0.2, -0.15) is 0 Å². The van der Waals surface area contributed by atoms with Crippen molar-refractivity contribution in [2.24, 2.45) is 5.92 Å². The minimum Gasteiger partial charge on any atom is -0.497 e. The van der Waals surface area contributed by atoms with Crippen molar-refractivity contribution in [2.45, 2.75) is 39.3 Å². The van der Waals surface area contributed by atoms with E-state index >= 15 is 0 Å². The van der Waals surface area contributed by atoms with Crippen molar-refractivity contribution >= 4 is 5.91 Å². The maximum absolute atomic E-state index is 12.8. The lowest BCUT2D eigenvalue weighted by Crippen LogP contribution is -2.29. The molecule has 6 nitrogen and oxygen atoms in total. The first-order valence-corrected chi connectivity index (χ1v) is 10.1. The summed E-state index contributed by atoms with van der Waals surface area (Å²) in [5.74, 6) is 2.67. The van der Waals surface area contributed by atoms with Crippen LogP contribution in [0.5, 0.6) is 11.5 Å². The predicted molar refractivity (Wildman–Crippen MR) is 113 cm³/mol. The number of nitrogens with zero attached hydrogens (tertiary/aromatic N) is 1. The predicted octanol–water partition coefficient (Wildman–Crippen LogP) is 4.76. The van der Waals surface area contributed by atoms with E-state index in [4.69, 9.17) is 14.0 Å². The molecule has 1 amide bonds. The molecule has 1 fully saturated rings. The molecule has 1 heterocycles. The first-order chi connectivity index (χ1) is 14.5. The molecule has 1 aromatic heterocycles. The fraction of sp³-hybridized carbons (Fsp3) is 0.333. The second-order valence-electron chi connectivity index (χ2n) is 7.68. The summed E-state index contributed by atoms with van der Waals surface area (Å²) in [6.45, 7) is 4.14. The van der Waals surface area contributed by atoms with Crippen molar-refractivity contribution in [1.29, 1.82) is 0 Å². The van der Waals surface area contributed by atoms with Gasteiger partial charge in [-0.25, -0.2) is 0 Å². The summed E-state index contributed by atoms with van der Waals surface area (Å²) in [7, 11) is 1.65. The van der Waals surface area contributed by atoms with Gasteiger partial charge < -0.3 is 19.3 Å². The van der Waals surface area contributed by atoms with Gasteiger partial charge in [0.15, 0.2) is 0 Å². The molecule has 2 aromatic carbocycles. The molecule has 0 bridgehead atoms. The third kappa shape index (κ3) is 4.48. The van der Waals surface area contributed by atoms with Gasteiger partial charge in [0, 0.05) is 5.56 Å². The van der Waals surface area contributed by atoms with Gasteiger partial charge in [-0.05, 0) is 74.6 Å². The van der Waals surface area contributed by atoms with Crippen molar-refractivity contribution in [2.75, 3.05) is 7.11 Å². The van der Waals surface area contributed by atoms with E-state index in [1.807, 2.05) is 50.2 Å². The molecule has 1 saturated carbocycles. The first-order valence-electron chi connectivity index (χ1n) is 10.1. The highest BCUT2D eigenvalue weighted by atomic mass is 16.5. The summed E-state index contributed by atoms with van der Waals surface area (Å²) in [6, 6.07) is 15.1. The zero-order valence-corrected chi connectivity index (χ0v) is 17.5. The van der Waals surface area contributed by atoms with Crippen LogP contribution in [-0.4, -0.2) is 18.2 Å². The van der Waals surface area contributed by atoms with Gasteiger partial charge in [0.05, 0.1) is 24.4 Å². The number of ether oxygens (including phenoxy) is 2. The summed E-state index contributed by atoms with van der Waals surface area (Å²) < 4.78 is 16.2. The number of benzene rings is 2. The minimum absolute atomic E-state index is 0.0128. The number of rotatable bonds is 8. The van der Waals surface area contributed by atoms with E-state index in [1.54, 1.807) is 19.2 Å². The number of aryl methyl sites for hydroxylation is 2. The summed E-state index contributed by atoms with van der Waals surface area (Å²) in [5, 5.41) is 7.13. The maximum atomic E-state index is 12.8. The molecule has 1 aliphatic carbocycles. The normalized spacial score (nSPS) is 14.2. The van der Waals surface area contributed by atoms with Crippen molar-refractivity contribution in [1.82, 2.24) is 10.5 Å². The minimum atomic E-state index is -0.0833. The largest absolute Gasteiger partial charge is 0.497 e. The zero-order valence-electron chi connectivity index (χ0n) is 17.5. The Balaban J connectivity index is 1.40. The van der Waals surface area contributed by atoms with Crippen LogP contribution in [0.1, 0.15) is 51.8 Å². The van der Waals surface area contributed by atoms with Crippen molar-refractivity contribution in [3.05, 3.63) is 76.7 Å². The van der Waals surface area contributed by atoms with E-state index in [0.717, 1.165) is 41.2 Å². The van der Waals surface area contributed by atoms with Crippen LogP contribution in [0.25, 0.3) is 0 Å². The van der Waals surface area contributed by atoms with E-state index in [0.29, 0.717) is 23.8 Å². The average Bonchev–Trinajstić information content (AvgIpc) is 3.56. The summed E-state index contributed by atoms with van der Waals surface area (Å²) in [4.78, 5) is 12.8. The smallest absolute Gasteiger partial charge is 0.251 e. The molecule has 4 rings (SSSR count). The molecule has 1 N–H and O–H groups in total. The van der Waals surface area contributed by atoms with Crippen LogP contribution in [-0.2, 0) is 6.61 Å². The molecule has 1 aliphatic rings. The second-order valence-corrected chi connectivity index (χ2v) is 7.68. The molecule has 0 radical (unpaired) electrons. The lowest BCUT2D eigenvalue weighted by atomic mass is 10.0. The van der Waals surface area contributed by atoms with Crippen molar-refractivity contribution < 1.29 is 18.8 Å². The van der Waals surface area contributed by atoms with Gasteiger partial charge in [-0.1, -0.05) is 17.3 Å². The number of nitrogens with one attached hydrogen (secondary N) is 1. The van der Waals surface area contributed by atoms with E-state index in [9.17, 15) is 4.79 Å². The Morgan fingerprint density at radius 1 is 1.10 bits per heavy atom. The van der Waals surface area contributed by atoms with Crippen LogP contribution in [0.4, 0.5) is 0 Å². The third-order valence-electron chi connectivity index (χ3n) is 5.54.